The Balaban J connectivity index is 0.00000288. The molecule has 1 aromatic rings. The van der Waals surface area contributed by atoms with Gasteiger partial charge in [0, 0.05) is 30.6 Å². The van der Waals surface area contributed by atoms with Crippen molar-refractivity contribution in [3.05, 3.63) is 20.8 Å². The van der Waals surface area contributed by atoms with Crippen LogP contribution in [0.2, 0.25) is 0 Å². The zero-order valence-electron chi connectivity index (χ0n) is 13.2. The van der Waals surface area contributed by atoms with Gasteiger partial charge in [-0.05, 0) is 41.4 Å². The average Bonchev–Trinajstić information content (AvgIpc) is 3.04. The van der Waals surface area contributed by atoms with E-state index in [0.717, 1.165) is 8.66 Å². The molecule has 0 radical (unpaired) electrons. The molecule has 0 amide bonds. The fourth-order valence-corrected chi connectivity index (χ4v) is 3.86. The molecule has 1 saturated heterocycles. The van der Waals surface area contributed by atoms with Gasteiger partial charge in [-0.25, -0.2) is 4.99 Å². The number of thiophene rings is 1. The van der Waals surface area contributed by atoms with Crippen molar-refractivity contribution in [2.24, 2.45) is 4.99 Å². The van der Waals surface area contributed by atoms with Gasteiger partial charge in [0.25, 0.3) is 0 Å². The van der Waals surface area contributed by atoms with E-state index in [9.17, 15) is 13.2 Å². The Bertz CT molecular complexity index is 538. The SMILES string of the molecule is CCNC(=NCc1ccc(Br)s1)NC1CCN(CC(F)(F)F)C1.I. The van der Waals surface area contributed by atoms with Crippen LogP contribution in [0.5, 0.6) is 0 Å². The van der Waals surface area contributed by atoms with E-state index >= 15 is 0 Å². The molecule has 24 heavy (non-hydrogen) atoms. The first-order chi connectivity index (χ1) is 10.9. The highest BCUT2D eigenvalue weighted by Crippen LogP contribution is 2.22. The van der Waals surface area contributed by atoms with Crippen LogP contribution in [-0.4, -0.2) is 49.3 Å². The van der Waals surface area contributed by atoms with Crippen molar-refractivity contribution < 1.29 is 13.2 Å². The van der Waals surface area contributed by atoms with E-state index in [2.05, 4.69) is 31.6 Å². The van der Waals surface area contributed by atoms with E-state index in [4.69, 9.17) is 0 Å². The summed E-state index contributed by atoms with van der Waals surface area (Å²) in [6.07, 6.45) is -3.45. The topological polar surface area (TPSA) is 39.7 Å². The summed E-state index contributed by atoms with van der Waals surface area (Å²) in [4.78, 5) is 7.06. The largest absolute Gasteiger partial charge is 0.401 e. The lowest BCUT2D eigenvalue weighted by atomic mass is 10.3. The lowest BCUT2D eigenvalue weighted by Crippen LogP contribution is -2.45. The molecule has 0 saturated carbocycles. The number of guanidine groups is 1. The Labute approximate surface area is 169 Å². The van der Waals surface area contributed by atoms with Gasteiger partial charge in [0.15, 0.2) is 5.96 Å². The van der Waals surface area contributed by atoms with Crippen LogP contribution >= 0.6 is 51.2 Å². The maximum absolute atomic E-state index is 12.4. The van der Waals surface area contributed by atoms with Gasteiger partial charge in [-0.2, -0.15) is 13.2 Å². The van der Waals surface area contributed by atoms with E-state index in [0.29, 0.717) is 38.6 Å². The van der Waals surface area contributed by atoms with Crippen molar-refractivity contribution in [1.29, 1.82) is 0 Å². The van der Waals surface area contributed by atoms with Gasteiger partial charge < -0.3 is 10.6 Å². The van der Waals surface area contributed by atoms with Gasteiger partial charge in [0.1, 0.15) is 0 Å². The number of hydrogen-bond donors (Lipinski definition) is 2. The molecule has 2 heterocycles. The zero-order valence-corrected chi connectivity index (χ0v) is 17.9. The lowest BCUT2D eigenvalue weighted by molar-refractivity contribution is -0.143. The smallest absolute Gasteiger partial charge is 0.357 e. The predicted octanol–water partition coefficient (Wildman–Crippen LogP) is 3.82. The molecule has 1 aromatic heterocycles. The van der Waals surface area contributed by atoms with E-state index < -0.39 is 12.7 Å². The monoisotopic (exact) mass is 540 g/mol. The van der Waals surface area contributed by atoms with Gasteiger partial charge >= 0.3 is 6.18 Å². The van der Waals surface area contributed by atoms with Gasteiger partial charge in [0.2, 0.25) is 0 Å². The molecule has 0 bridgehead atoms. The van der Waals surface area contributed by atoms with Crippen LogP contribution in [-0.2, 0) is 6.54 Å². The molecular formula is C14H21BrF3IN4S. The average molecular weight is 541 g/mol. The predicted molar refractivity (Wildman–Crippen MR) is 106 cm³/mol. The zero-order chi connectivity index (χ0) is 16.9. The molecule has 1 fully saturated rings. The van der Waals surface area contributed by atoms with Crippen LogP contribution in [0.3, 0.4) is 0 Å². The Hall–Kier alpha value is -0.0700. The summed E-state index contributed by atoms with van der Waals surface area (Å²) in [5.41, 5.74) is 0. The summed E-state index contributed by atoms with van der Waals surface area (Å²) >= 11 is 5.03. The molecular weight excluding hydrogens is 520 g/mol. The molecule has 4 nitrogen and oxygen atoms in total. The van der Waals surface area contributed by atoms with Gasteiger partial charge in [0.05, 0.1) is 16.9 Å². The molecule has 10 heteroatoms. The normalized spacial score (nSPS) is 19.2. The molecule has 1 unspecified atom stereocenters. The first-order valence-corrected chi connectivity index (χ1v) is 9.05. The third-order valence-electron chi connectivity index (χ3n) is 3.38. The molecule has 0 aliphatic carbocycles. The number of hydrogen-bond acceptors (Lipinski definition) is 3. The molecule has 2 N–H and O–H groups in total. The van der Waals surface area contributed by atoms with Crippen LogP contribution in [0.15, 0.2) is 20.9 Å². The Morgan fingerprint density at radius 2 is 2.21 bits per heavy atom. The highest BCUT2D eigenvalue weighted by molar-refractivity contribution is 14.0. The third-order valence-corrected chi connectivity index (χ3v) is 4.99. The number of halogens is 5. The van der Waals surface area contributed by atoms with E-state index in [1.807, 2.05) is 19.1 Å². The minimum atomic E-state index is -4.14. The van der Waals surface area contributed by atoms with Crippen molar-refractivity contribution in [3.8, 4) is 0 Å². The second-order valence-corrected chi connectivity index (χ2v) is 7.93. The van der Waals surface area contributed by atoms with Gasteiger partial charge in [-0.15, -0.1) is 35.3 Å². The Morgan fingerprint density at radius 1 is 1.46 bits per heavy atom. The molecule has 1 atom stereocenters. The lowest BCUT2D eigenvalue weighted by Gasteiger charge is -2.19. The number of aliphatic imine (C=N–C) groups is 1. The standard InChI is InChI=1S/C14H20BrF3N4S.HI/c1-2-19-13(20-7-11-3-4-12(15)23-11)21-10-5-6-22(8-10)9-14(16,17)18;/h3-4,10H,2,5-9H2,1H3,(H2,19,20,21);1H. The number of nitrogens with one attached hydrogen (secondary N) is 2. The molecule has 2 rings (SSSR count). The van der Waals surface area contributed by atoms with Crippen LogP contribution in [0.1, 0.15) is 18.2 Å². The molecule has 1 aliphatic rings. The van der Waals surface area contributed by atoms with Crippen molar-refractivity contribution in [2.45, 2.75) is 32.1 Å². The van der Waals surface area contributed by atoms with Crippen LogP contribution in [0, 0.1) is 0 Å². The van der Waals surface area contributed by atoms with Crippen molar-refractivity contribution in [3.63, 3.8) is 0 Å². The highest BCUT2D eigenvalue weighted by Gasteiger charge is 2.34. The summed E-state index contributed by atoms with van der Waals surface area (Å²) in [5, 5.41) is 6.37. The Kier molecular flexibility index (Phi) is 9.31. The summed E-state index contributed by atoms with van der Waals surface area (Å²) in [6.45, 7) is 3.21. The summed E-state index contributed by atoms with van der Waals surface area (Å²) in [6, 6.07) is 3.97. The molecule has 1 aliphatic heterocycles. The molecule has 0 aromatic carbocycles. The molecule has 0 spiro atoms. The second-order valence-electron chi connectivity index (χ2n) is 5.38. The minimum Gasteiger partial charge on any atom is -0.357 e. The van der Waals surface area contributed by atoms with Crippen molar-refractivity contribution in [1.82, 2.24) is 15.5 Å². The quantitative estimate of drug-likeness (QED) is 0.339. The maximum atomic E-state index is 12.4. The number of nitrogens with zero attached hydrogens (tertiary/aromatic N) is 2. The van der Waals surface area contributed by atoms with E-state index in [1.165, 1.54) is 4.90 Å². The number of likely N-dealkylation sites (tertiary alicyclic amines) is 1. The Morgan fingerprint density at radius 3 is 2.79 bits per heavy atom. The summed E-state index contributed by atoms with van der Waals surface area (Å²) < 4.78 is 38.3. The van der Waals surface area contributed by atoms with Crippen molar-refractivity contribution >= 4 is 57.2 Å². The third kappa shape index (κ3) is 7.87. The minimum absolute atomic E-state index is 0. The fourth-order valence-electron chi connectivity index (χ4n) is 2.45. The second kappa shape index (κ2) is 10.2. The maximum Gasteiger partial charge on any atom is 0.401 e. The summed E-state index contributed by atoms with van der Waals surface area (Å²) in [5.74, 6) is 0.649. The molecule has 138 valence electrons. The van der Waals surface area contributed by atoms with E-state index in [-0.39, 0.29) is 30.0 Å². The van der Waals surface area contributed by atoms with E-state index in [1.54, 1.807) is 11.3 Å². The van der Waals surface area contributed by atoms with Crippen LogP contribution in [0.25, 0.3) is 0 Å². The first kappa shape index (κ1) is 22.0. The van der Waals surface area contributed by atoms with Crippen LogP contribution < -0.4 is 10.6 Å². The first-order valence-electron chi connectivity index (χ1n) is 7.44. The highest BCUT2D eigenvalue weighted by atomic mass is 127. The number of alkyl halides is 3. The summed E-state index contributed by atoms with van der Waals surface area (Å²) in [7, 11) is 0. The van der Waals surface area contributed by atoms with Gasteiger partial charge in [-0.3, -0.25) is 4.90 Å². The number of rotatable bonds is 5. The fraction of sp³-hybridized carbons (Fsp3) is 0.643. The van der Waals surface area contributed by atoms with Crippen LogP contribution in [0.4, 0.5) is 13.2 Å². The van der Waals surface area contributed by atoms with Gasteiger partial charge in [-0.1, -0.05) is 0 Å². The van der Waals surface area contributed by atoms with Crippen molar-refractivity contribution in [2.75, 3.05) is 26.2 Å².